The number of hydrogen-bond donors (Lipinski definition) is 0. The van der Waals surface area contributed by atoms with E-state index in [0.29, 0.717) is 8.58 Å². The minimum atomic E-state index is 0.0462. The predicted octanol–water partition coefficient (Wildman–Crippen LogP) is 4.03. The summed E-state index contributed by atoms with van der Waals surface area (Å²) in [4.78, 5) is 11.5. The summed E-state index contributed by atoms with van der Waals surface area (Å²) in [5.74, 6) is 0.852. The first-order valence-electron chi connectivity index (χ1n) is 8.36. The molecule has 0 amide bonds. The Morgan fingerprint density at radius 2 is 1.80 bits per heavy atom. The average molecular weight is 358 g/mol. The lowest BCUT2D eigenvalue weighted by Crippen LogP contribution is -2.19. The third-order valence-electron chi connectivity index (χ3n) is 4.07. The summed E-state index contributed by atoms with van der Waals surface area (Å²) in [5.41, 5.74) is 4.23. The molecule has 0 saturated heterocycles. The lowest BCUT2D eigenvalue weighted by atomic mass is 9.86. The van der Waals surface area contributed by atoms with Crippen LogP contribution >= 0.6 is 8.58 Å². The van der Waals surface area contributed by atoms with Gasteiger partial charge in [0.2, 0.25) is 0 Å². The molecule has 0 aliphatic heterocycles. The Balaban J connectivity index is 2.53. The van der Waals surface area contributed by atoms with Crippen LogP contribution in [0.3, 0.4) is 0 Å². The second-order valence-corrected chi connectivity index (χ2v) is 8.63. The van der Waals surface area contributed by atoms with Crippen LogP contribution in [0.5, 0.6) is 5.75 Å². The van der Waals surface area contributed by atoms with Gasteiger partial charge in [-0.2, -0.15) is 0 Å². The van der Waals surface area contributed by atoms with Crippen LogP contribution in [-0.2, 0) is 10.2 Å². The summed E-state index contributed by atoms with van der Waals surface area (Å²) < 4.78 is 10.9. The highest BCUT2D eigenvalue weighted by Gasteiger charge is 2.19. The van der Waals surface area contributed by atoms with Crippen LogP contribution < -0.4 is 15.3 Å². The monoisotopic (exact) mass is 358 g/mol. The molecule has 0 heterocycles. The largest absolute Gasteiger partial charge is 0.467 e. The molecule has 0 saturated carbocycles. The van der Waals surface area contributed by atoms with Crippen molar-refractivity contribution in [1.82, 2.24) is 0 Å². The van der Waals surface area contributed by atoms with Crippen molar-refractivity contribution < 1.29 is 14.3 Å². The van der Waals surface area contributed by atoms with Crippen molar-refractivity contribution in [1.29, 1.82) is 0 Å². The van der Waals surface area contributed by atoms with Gasteiger partial charge in [0, 0.05) is 18.0 Å². The summed E-state index contributed by atoms with van der Waals surface area (Å²) in [5, 5.41) is 2.14. The number of hydrogen-bond acceptors (Lipinski definition) is 3. The van der Waals surface area contributed by atoms with Gasteiger partial charge in [-0.3, -0.25) is 4.79 Å². The molecule has 0 aliphatic carbocycles. The molecule has 1 unspecified atom stereocenters. The number of ether oxygens (including phenoxy) is 2. The van der Waals surface area contributed by atoms with Crippen molar-refractivity contribution in [2.45, 2.75) is 40.0 Å². The van der Waals surface area contributed by atoms with Crippen LogP contribution in [0.4, 0.5) is 0 Å². The Morgan fingerprint density at radius 1 is 1.08 bits per heavy atom. The lowest BCUT2D eigenvalue weighted by Gasteiger charge is -2.23. The second-order valence-electron chi connectivity index (χ2n) is 7.30. The molecular weight excluding hydrogens is 331 g/mol. The van der Waals surface area contributed by atoms with Gasteiger partial charge in [-0.1, -0.05) is 53.1 Å². The Kier molecular flexibility index (Phi) is 6.37. The van der Waals surface area contributed by atoms with Crippen LogP contribution in [-0.4, -0.2) is 20.2 Å². The highest BCUT2D eigenvalue weighted by atomic mass is 31.1. The van der Waals surface area contributed by atoms with Crippen molar-refractivity contribution in [3.63, 3.8) is 0 Å². The number of carbonyl (C=O) groups excluding carboxylic acids is 1. The van der Waals surface area contributed by atoms with Crippen LogP contribution in [0.15, 0.2) is 30.3 Å². The molecule has 0 N–H and O–H groups in total. The topological polar surface area (TPSA) is 35.5 Å². The lowest BCUT2D eigenvalue weighted by molar-refractivity contribution is 0.0514. The first-order valence-corrected chi connectivity index (χ1v) is 9.36. The Labute approximate surface area is 152 Å². The number of carbonyl (C=O) groups is 1. The van der Waals surface area contributed by atoms with Crippen LogP contribution in [0.1, 0.15) is 47.8 Å². The van der Waals surface area contributed by atoms with E-state index in [2.05, 4.69) is 39.8 Å². The normalized spacial score (nSPS) is 11.9. The highest BCUT2D eigenvalue weighted by Crippen LogP contribution is 2.31. The van der Waals surface area contributed by atoms with E-state index in [9.17, 15) is 4.79 Å². The molecular formula is C21H27O3P. The van der Waals surface area contributed by atoms with E-state index in [1.165, 1.54) is 5.56 Å². The third kappa shape index (κ3) is 4.90. The molecule has 3 nitrogen and oxygen atoms in total. The number of aryl methyl sites for hydroxylation is 2. The molecule has 0 aromatic heterocycles. The minimum absolute atomic E-state index is 0.0462. The Morgan fingerprint density at radius 3 is 2.40 bits per heavy atom. The first-order chi connectivity index (χ1) is 11.8. The van der Waals surface area contributed by atoms with E-state index >= 15 is 0 Å². The van der Waals surface area contributed by atoms with E-state index in [0.717, 1.165) is 39.3 Å². The zero-order valence-corrected chi connectivity index (χ0v) is 16.9. The van der Waals surface area contributed by atoms with Gasteiger partial charge in [0.1, 0.15) is 5.75 Å². The van der Waals surface area contributed by atoms with Crippen molar-refractivity contribution in [3.05, 3.63) is 52.6 Å². The summed E-state index contributed by atoms with van der Waals surface area (Å²) in [7, 11) is 1.97. The summed E-state index contributed by atoms with van der Waals surface area (Å²) in [6, 6.07) is 10.4. The third-order valence-corrected chi connectivity index (χ3v) is 5.43. The molecule has 2 aromatic rings. The van der Waals surface area contributed by atoms with Crippen molar-refractivity contribution in [3.8, 4) is 5.75 Å². The molecule has 1 atom stereocenters. The molecule has 2 aromatic carbocycles. The molecule has 0 bridgehead atoms. The molecule has 2 rings (SSSR count). The quantitative estimate of drug-likeness (QED) is 0.444. The van der Waals surface area contributed by atoms with Crippen LogP contribution in [0, 0.1) is 13.8 Å². The molecule has 4 heteroatoms. The summed E-state index contributed by atoms with van der Waals surface area (Å²) >= 11 is 0. The van der Waals surface area contributed by atoms with E-state index in [1.807, 2.05) is 25.1 Å². The maximum atomic E-state index is 11.5. The maximum Gasteiger partial charge on any atom is 0.188 e. The van der Waals surface area contributed by atoms with Crippen molar-refractivity contribution in [2.75, 3.05) is 13.9 Å². The second kappa shape index (κ2) is 8.12. The fourth-order valence-corrected chi connectivity index (χ4v) is 3.99. The number of rotatable bonds is 6. The van der Waals surface area contributed by atoms with Crippen LogP contribution in [0.2, 0.25) is 0 Å². The Bertz CT molecular complexity index is 760. The fraction of sp³-hybridized carbons (Fsp3) is 0.381. The predicted molar refractivity (Wildman–Crippen MR) is 107 cm³/mol. The van der Waals surface area contributed by atoms with Gasteiger partial charge in [-0.15, -0.1) is 0 Å². The number of methoxy groups -OCH3 is 1. The molecule has 25 heavy (non-hydrogen) atoms. The van der Waals surface area contributed by atoms with E-state index in [-0.39, 0.29) is 12.2 Å². The van der Waals surface area contributed by atoms with Gasteiger partial charge >= 0.3 is 0 Å². The van der Waals surface area contributed by atoms with Gasteiger partial charge in [0.15, 0.2) is 13.1 Å². The van der Waals surface area contributed by atoms with Gasteiger partial charge in [-0.25, -0.2) is 0 Å². The SMILES string of the molecule is COCOc1c(C)cc(C(C)(C)C)cc1Pc1ccc(C)cc1C=O. The van der Waals surface area contributed by atoms with E-state index in [4.69, 9.17) is 9.47 Å². The van der Waals surface area contributed by atoms with Crippen LogP contribution in [0.25, 0.3) is 0 Å². The first kappa shape index (κ1) is 19.6. The van der Waals surface area contributed by atoms with Gasteiger partial charge in [-0.05, 0) is 47.8 Å². The molecule has 0 aliphatic rings. The zero-order chi connectivity index (χ0) is 18.6. The standard InChI is InChI=1S/C21H27O3P/c1-14-7-8-18(16(9-14)12-22)25-19-11-17(21(3,4)5)10-15(2)20(19)24-13-23-6/h7-12,25H,13H2,1-6H3. The average Bonchev–Trinajstić information content (AvgIpc) is 2.54. The molecule has 134 valence electrons. The summed E-state index contributed by atoms with van der Waals surface area (Å²) in [6.45, 7) is 10.9. The van der Waals surface area contributed by atoms with Gasteiger partial charge in [0.25, 0.3) is 0 Å². The Hall–Kier alpha value is -1.70. The summed E-state index contributed by atoms with van der Waals surface area (Å²) in [6.07, 6.45) is 0.936. The molecule has 0 radical (unpaired) electrons. The van der Waals surface area contributed by atoms with Crippen molar-refractivity contribution in [2.24, 2.45) is 0 Å². The maximum absolute atomic E-state index is 11.5. The smallest absolute Gasteiger partial charge is 0.188 e. The number of benzene rings is 2. The highest BCUT2D eigenvalue weighted by molar-refractivity contribution is 7.56. The van der Waals surface area contributed by atoms with E-state index in [1.54, 1.807) is 7.11 Å². The van der Waals surface area contributed by atoms with Crippen molar-refractivity contribution >= 4 is 25.5 Å². The minimum Gasteiger partial charge on any atom is -0.467 e. The zero-order valence-electron chi connectivity index (χ0n) is 15.9. The molecule has 0 fully saturated rings. The molecule has 0 spiro atoms. The fourth-order valence-electron chi connectivity index (χ4n) is 2.65. The number of aldehydes is 1. The van der Waals surface area contributed by atoms with E-state index < -0.39 is 0 Å². The van der Waals surface area contributed by atoms with Gasteiger partial charge in [0.05, 0.1) is 0 Å². The van der Waals surface area contributed by atoms with Gasteiger partial charge < -0.3 is 9.47 Å².